The Bertz CT molecular complexity index is 756. The van der Waals surface area contributed by atoms with Gasteiger partial charge in [-0.2, -0.15) is 0 Å². The van der Waals surface area contributed by atoms with Crippen molar-refractivity contribution in [2.24, 2.45) is 0 Å². The van der Waals surface area contributed by atoms with Crippen molar-refractivity contribution in [3.8, 4) is 0 Å². The second-order valence-electron chi connectivity index (χ2n) is 7.01. The molecule has 7 heteroatoms. The number of fused-ring (bicyclic) bond motifs is 1. The van der Waals surface area contributed by atoms with Crippen molar-refractivity contribution in [2.45, 2.75) is 39.3 Å². The molecule has 140 valence electrons. The van der Waals surface area contributed by atoms with Crippen molar-refractivity contribution < 1.29 is 9.53 Å². The lowest BCUT2D eigenvalue weighted by molar-refractivity contribution is -0.117. The number of hydrogen-bond acceptors (Lipinski definition) is 5. The van der Waals surface area contributed by atoms with Crippen LogP contribution >= 0.6 is 0 Å². The van der Waals surface area contributed by atoms with Gasteiger partial charge in [-0.25, -0.2) is 0 Å². The highest BCUT2D eigenvalue weighted by Gasteiger charge is 2.17. The molecule has 0 fully saturated rings. The number of amides is 1. The lowest BCUT2D eigenvalue weighted by Crippen LogP contribution is -2.31. The van der Waals surface area contributed by atoms with Crippen LogP contribution in [0.2, 0.25) is 0 Å². The molecular formula is C19H27N5O2. The number of nitrogens with zero attached hydrogens (tertiary/aromatic N) is 4. The number of carbonyl (C=O) groups is 1. The zero-order chi connectivity index (χ0) is 18.5. The average Bonchev–Trinajstić information content (AvgIpc) is 2.82. The molecule has 0 atom stereocenters. The molecular weight excluding hydrogens is 330 g/mol. The van der Waals surface area contributed by atoms with Gasteiger partial charge in [-0.1, -0.05) is 32.0 Å². The van der Waals surface area contributed by atoms with Crippen molar-refractivity contribution in [3.63, 3.8) is 0 Å². The van der Waals surface area contributed by atoms with E-state index in [4.69, 9.17) is 4.74 Å². The molecule has 1 aliphatic heterocycles. The summed E-state index contributed by atoms with van der Waals surface area (Å²) in [6.45, 7) is 7.24. The van der Waals surface area contributed by atoms with E-state index in [1.807, 2.05) is 30.1 Å². The minimum Gasteiger partial charge on any atom is -0.379 e. The third kappa shape index (κ3) is 4.47. The number of ether oxygens (including phenoxy) is 1. The molecule has 26 heavy (non-hydrogen) atoms. The van der Waals surface area contributed by atoms with Gasteiger partial charge in [0.2, 0.25) is 5.91 Å². The molecule has 0 saturated carbocycles. The van der Waals surface area contributed by atoms with E-state index in [1.165, 1.54) is 0 Å². The lowest BCUT2D eigenvalue weighted by atomic mass is 10.0. The predicted molar refractivity (Wildman–Crippen MR) is 100 cm³/mol. The molecule has 1 N–H and O–H groups in total. The van der Waals surface area contributed by atoms with Crippen molar-refractivity contribution in [3.05, 3.63) is 41.5 Å². The van der Waals surface area contributed by atoms with E-state index in [-0.39, 0.29) is 5.91 Å². The van der Waals surface area contributed by atoms with Crippen LogP contribution in [-0.4, -0.2) is 52.4 Å². The molecule has 0 unspecified atom stereocenters. The summed E-state index contributed by atoms with van der Waals surface area (Å²) in [6.07, 6.45) is 0.781. The van der Waals surface area contributed by atoms with Crippen LogP contribution in [0.5, 0.6) is 0 Å². The Kier molecular flexibility index (Phi) is 6.00. The first-order valence-electron chi connectivity index (χ1n) is 9.10. The van der Waals surface area contributed by atoms with Crippen LogP contribution in [0.1, 0.15) is 37.0 Å². The normalized spacial score (nSPS) is 14.3. The monoisotopic (exact) mass is 357 g/mol. The quantitative estimate of drug-likeness (QED) is 0.857. The zero-order valence-corrected chi connectivity index (χ0v) is 15.7. The summed E-state index contributed by atoms with van der Waals surface area (Å²) in [5.74, 6) is 2.17. The van der Waals surface area contributed by atoms with Crippen LogP contribution in [0.25, 0.3) is 0 Å². The molecule has 0 spiro atoms. The predicted octanol–water partition coefficient (Wildman–Crippen LogP) is 2.04. The van der Waals surface area contributed by atoms with E-state index in [9.17, 15) is 4.79 Å². The summed E-state index contributed by atoms with van der Waals surface area (Å²) in [4.78, 5) is 14.4. The third-order valence-electron chi connectivity index (χ3n) is 4.51. The molecule has 3 rings (SSSR count). The zero-order valence-electron chi connectivity index (χ0n) is 15.7. The van der Waals surface area contributed by atoms with Gasteiger partial charge in [0.05, 0.1) is 26.3 Å². The summed E-state index contributed by atoms with van der Waals surface area (Å²) < 4.78 is 7.60. The fourth-order valence-corrected chi connectivity index (χ4v) is 3.20. The Labute approximate surface area is 154 Å². The Morgan fingerprint density at radius 1 is 1.31 bits per heavy atom. The standard InChI is InChI=1S/C19H27N5O2/c1-14(2)15-6-4-5-7-16(15)20-19(25)13-23(3)12-18-22-21-17-8-10-26-11-9-24(17)18/h4-7,14H,8-13H2,1-3H3,(H,20,25). The molecule has 0 aliphatic carbocycles. The number of aromatic nitrogens is 3. The van der Waals surface area contributed by atoms with E-state index in [0.717, 1.165) is 35.9 Å². The topological polar surface area (TPSA) is 72.3 Å². The summed E-state index contributed by atoms with van der Waals surface area (Å²) >= 11 is 0. The Balaban J connectivity index is 1.59. The second kappa shape index (κ2) is 8.42. The first kappa shape index (κ1) is 18.5. The second-order valence-corrected chi connectivity index (χ2v) is 7.01. The fraction of sp³-hybridized carbons (Fsp3) is 0.526. The Hall–Kier alpha value is -2.25. The number of likely N-dealkylation sites (N-methyl/N-ethyl adjacent to an activating group) is 1. The lowest BCUT2D eigenvalue weighted by Gasteiger charge is -2.18. The first-order valence-corrected chi connectivity index (χ1v) is 9.10. The average molecular weight is 357 g/mol. The van der Waals surface area contributed by atoms with E-state index in [1.54, 1.807) is 0 Å². The van der Waals surface area contributed by atoms with E-state index in [0.29, 0.717) is 32.2 Å². The van der Waals surface area contributed by atoms with Crippen LogP contribution in [0.15, 0.2) is 24.3 Å². The van der Waals surface area contributed by atoms with Gasteiger partial charge in [-0.05, 0) is 24.6 Å². The Morgan fingerprint density at radius 2 is 2.12 bits per heavy atom. The summed E-state index contributed by atoms with van der Waals surface area (Å²) in [5.41, 5.74) is 2.03. The summed E-state index contributed by atoms with van der Waals surface area (Å²) in [5, 5.41) is 11.6. The number of rotatable bonds is 6. The molecule has 0 radical (unpaired) electrons. The number of anilines is 1. The van der Waals surface area contributed by atoms with Crippen molar-refractivity contribution in [1.29, 1.82) is 0 Å². The number of para-hydroxylation sites is 1. The minimum absolute atomic E-state index is 0.0282. The fourth-order valence-electron chi connectivity index (χ4n) is 3.20. The molecule has 1 aliphatic rings. The van der Waals surface area contributed by atoms with Gasteiger partial charge in [0, 0.05) is 18.7 Å². The number of benzene rings is 1. The molecule has 2 heterocycles. The molecule has 1 aromatic carbocycles. The van der Waals surface area contributed by atoms with Gasteiger partial charge in [0.25, 0.3) is 0 Å². The highest BCUT2D eigenvalue weighted by Crippen LogP contribution is 2.23. The number of carbonyl (C=O) groups excluding carboxylic acids is 1. The largest absolute Gasteiger partial charge is 0.379 e. The molecule has 7 nitrogen and oxygen atoms in total. The first-order chi connectivity index (χ1) is 12.5. The Morgan fingerprint density at radius 3 is 2.92 bits per heavy atom. The van der Waals surface area contributed by atoms with Gasteiger partial charge in [-0.3, -0.25) is 9.69 Å². The maximum Gasteiger partial charge on any atom is 0.238 e. The summed E-state index contributed by atoms with van der Waals surface area (Å²) in [6, 6.07) is 7.94. The smallest absolute Gasteiger partial charge is 0.238 e. The molecule has 2 aromatic rings. The minimum atomic E-state index is -0.0282. The highest BCUT2D eigenvalue weighted by molar-refractivity contribution is 5.93. The van der Waals surface area contributed by atoms with Crippen molar-refractivity contribution in [1.82, 2.24) is 19.7 Å². The van der Waals surface area contributed by atoms with Gasteiger partial charge < -0.3 is 14.6 Å². The van der Waals surface area contributed by atoms with Gasteiger partial charge in [-0.15, -0.1) is 10.2 Å². The number of hydrogen-bond donors (Lipinski definition) is 1. The maximum atomic E-state index is 12.5. The SMILES string of the molecule is CC(C)c1ccccc1NC(=O)CN(C)Cc1nnc2n1CCOCC2. The summed E-state index contributed by atoms with van der Waals surface area (Å²) in [7, 11) is 1.92. The van der Waals surface area contributed by atoms with E-state index >= 15 is 0 Å². The molecule has 0 bridgehead atoms. The van der Waals surface area contributed by atoms with Gasteiger partial charge in [0.1, 0.15) is 11.6 Å². The van der Waals surface area contributed by atoms with Crippen LogP contribution in [-0.2, 0) is 29.0 Å². The highest BCUT2D eigenvalue weighted by atomic mass is 16.5. The van der Waals surface area contributed by atoms with Crippen LogP contribution in [0.4, 0.5) is 5.69 Å². The van der Waals surface area contributed by atoms with E-state index < -0.39 is 0 Å². The molecule has 0 saturated heterocycles. The van der Waals surface area contributed by atoms with Crippen molar-refractivity contribution >= 4 is 11.6 Å². The van der Waals surface area contributed by atoms with Crippen LogP contribution < -0.4 is 5.32 Å². The van der Waals surface area contributed by atoms with Gasteiger partial charge in [0.15, 0.2) is 0 Å². The third-order valence-corrected chi connectivity index (χ3v) is 4.51. The van der Waals surface area contributed by atoms with Crippen molar-refractivity contribution in [2.75, 3.05) is 32.1 Å². The van der Waals surface area contributed by atoms with Crippen LogP contribution in [0.3, 0.4) is 0 Å². The number of nitrogens with one attached hydrogen (secondary N) is 1. The van der Waals surface area contributed by atoms with Crippen LogP contribution in [0, 0.1) is 0 Å². The van der Waals surface area contributed by atoms with E-state index in [2.05, 4.69) is 40.0 Å². The maximum absolute atomic E-state index is 12.5. The molecule has 1 amide bonds. The van der Waals surface area contributed by atoms with Gasteiger partial charge >= 0.3 is 0 Å². The molecule has 1 aromatic heterocycles.